The topological polar surface area (TPSA) is 200 Å². The predicted octanol–water partition coefficient (Wildman–Crippen LogP) is 7.14. The third-order valence-corrected chi connectivity index (χ3v) is 11.1. The number of unbranched alkanes of at least 4 members (excludes halogenated alkanes) is 15. The van der Waals surface area contributed by atoms with Crippen LogP contribution in [-0.2, 0) is 28.7 Å². The van der Waals surface area contributed by atoms with Gasteiger partial charge in [-0.15, -0.1) is 0 Å². The molecule has 56 heavy (non-hydrogen) atoms. The fourth-order valence-electron chi connectivity index (χ4n) is 6.87. The van der Waals surface area contributed by atoms with Gasteiger partial charge in [0.2, 0.25) is 17.4 Å². The molecule has 3 N–H and O–H groups in total. The number of ether oxygens (including phenoxy) is 4. The maximum Gasteiger partial charge on any atom is 0.472 e. The summed E-state index contributed by atoms with van der Waals surface area (Å²) in [5.74, 6) is 0.536. The van der Waals surface area contributed by atoms with Gasteiger partial charge >= 0.3 is 7.82 Å². The molecular formula is C40H62N5O10P. The van der Waals surface area contributed by atoms with Crippen molar-refractivity contribution in [2.75, 3.05) is 33.5 Å². The average Bonchev–Trinajstić information content (AvgIpc) is 3.75. The van der Waals surface area contributed by atoms with Gasteiger partial charge in [-0.05, 0) is 25.5 Å². The van der Waals surface area contributed by atoms with E-state index in [1.807, 2.05) is 6.07 Å². The lowest BCUT2D eigenvalue weighted by molar-refractivity contribution is -0.0652. The van der Waals surface area contributed by atoms with Crippen LogP contribution in [0.1, 0.15) is 121 Å². The lowest BCUT2D eigenvalue weighted by atomic mass is 9.92. The number of phosphoric acid groups is 1. The van der Waals surface area contributed by atoms with Crippen molar-refractivity contribution in [2.24, 2.45) is 0 Å². The van der Waals surface area contributed by atoms with Crippen LogP contribution in [0.3, 0.4) is 0 Å². The van der Waals surface area contributed by atoms with E-state index in [4.69, 9.17) is 28.0 Å². The molecule has 0 aromatic carbocycles. The molecule has 1 saturated heterocycles. The predicted molar refractivity (Wildman–Crippen MR) is 209 cm³/mol. The van der Waals surface area contributed by atoms with Gasteiger partial charge in [-0.25, -0.2) is 14.1 Å². The van der Waals surface area contributed by atoms with Crippen LogP contribution < -0.4 is 9.47 Å². The molecule has 0 aliphatic carbocycles. The summed E-state index contributed by atoms with van der Waals surface area (Å²) >= 11 is 0. The third kappa shape index (κ3) is 13.7. The fraction of sp³-hybridized carbons (Fsp3) is 0.700. The number of aromatic nitrogens is 4. The van der Waals surface area contributed by atoms with Gasteiger partial charge in [0.05, 0.1) is 43.8 Å². The van der Waals surface area contributed by atoms with Crippen LogP contribution in [0.2, 0.25) is 0 Å². The van der Waals surface area contributed by atoms with E-state index in [2.05, 4.69) is 22.0 Å². The molecule has 1 fully saturated rings. The number of aliphatic hydroxyl groups excluding tert-OH is 2. The third-order valence-electron chi connectivity index (χ3n) is 10.1. The molecule has 0 amide bonds. The Morgan fingerprint density at radius 2 is 1.54 bits per heavy atom. The van der Waals surface area contributed by atoms with Crippen LogP contribution in [0.15, 0.2) is 36.7 Å². The van der Waals surface area contributed by atoms with Crippen molar-refractivity contribution in [1.82, 2.24) is 19.6 Å². The molecule has 3 aromatic heterocycles. The van der Waals surface area contributed by atoms with E-state index in [9.17, 15) is 24.9 Å². The van der Waals surface area contributed by atoms with Crippen molar-refractivity contribution in [3.8, 4) is 17.8 Å². The Morgan fingerprint density at radius 3 is 2.16 bits per heavy atom. The first-order chi connectivity index (χ1) is 27.1. The zero-order chi connectivity index (χ0) is 40.2. The van der Waals surface area contributed by atoms with E-state index in [0.29, 0.717) is 23.7 Å². The van der Waals surface area contributed by atoms with Crippen molar-refractivity contribution in [3.63, 3.8) is 0 Å². The number of nitriles is 1. The highest BCUT2D eigenvalue weighted by atomic mass is 31.2. The van der Waals surface area contributed by atoms with E-state index in [-0.39, 0.29) is 18.2 Å². The van der Waals surface area contributed by atoms with Crippen molar-refractivity contribution in [3.05, 3.63) is 48.0 Å². The Hall–Kier alpha value is -3.19. The van der Waals surface area contributed by atoms with Crippen LogP contribution in [0.5, 0.6) is 11.8 Å². The van der Waals surface area contributed by atoms with Crippen molar-refractivity contribution >= 4 is 13.3 Å². The smallest absolute Gasteiger partial charge is 0.472 e. The SMILES string of the molecule is CCCCCCCCCCCCCCCCCCOC[C@H](COP(=O)(O)OC[C@H]1O[C@@](C#N)(c2ccc3c(C)ncnn23)[C@H](O)[C@@H]1O)Oc1cccc(OC)n1. The molecule has 0 spiro atoms. The molecular weight excluding hydrogens is 741 g/mol. The summed E-state index contributed by atoms with van der Waals surface area (Å²) in [6, 6.07) is 10.1. The number of aryl methyl sites for hydroxylation is 1. The molecule has 1 aliphatic heterocycles. The van der Waals surface area contributed by atoms with Crippen LogP contribution in [0, 0.1) is 18.3 Å². The molecule has 4 rings (SSSR count). The molecule has 4 heterocycles. The quantitative estimate of drug-likeness (QED) is 0.0472. The standard InChI is InChI=1S/C40H62N5O10P/c1-4-5-6-7-8-9-10-11-12-13-14-15-16-17-18-19-25-51-26-32(54-37-22-20-21-36(44-37)50-3)27-52-56(48,49)53-28-34-38(46)39(47)40(29-41,55-34)35-24-23-33-31(2)42-30-43-45(33)35/h20-24,30,32,34,38-39,46-47H,4-19,25-28H2,1-3H3,(H,48,49)/t32-,34-,38-,39-,40+/m1/s1. The van der Waals surface area contributed by atoms with Crippen LogP contribution in [0.25, 0.3) is 5.52 Å². The minimum absolute atomic E-state index is 0.0489. The van der Waals surface area contributed by atoms with E-state index < -0.39 is 51.1 Å². The number of pyridine rings is 1. The second-order valence-corrected chi connectivity index (χ2v) is 16.0. The minimum Gasteiger partial charge on any atom is -0.481 e. The summed E-state index contributed by atoms with van der Waals surface area (Å²) < 4.78 is 47.8. The first-order valence-electron chi connectivity index (χ1n) is 20.3. The average molecular weight is 804 g/mol. The first kappa shape index (κ1) is 45.5. The molecule has 312 valence electrons. The van der Waals surface area contributed by atoms with E-state index in [1.54, 1.807) is 37.3 Å². The fourth-order valence-corrected chi connectivity index (χ4v) is 7.63. The maximum atomic E-state index is 13.0. The van der Waals surface area contributed by atoms with Gasteiger partial charge < -0.3 is 34.1 Å². The summed E-state index contributed by atoms with van der Waals surface area (Å²) in [4.78, 5) is 19.0. The van der Waals surface area contributed by atoms with Crippen LogP contribution >= 0.6 is 7.82 Å². The summed E-state index contributed by atoms with van der Waals surface area (Å²) in [7, 11) is -3.28. The number of fused-ring (bicyclic) bond motifs is 1. The van der Waals surface area contributed by atoms with Gasteiger partial charge in [-0.3, -0.25) is 9.05 Å². The highest BCUT2D eigenvalue weighted by molar-refractivity contribution is 7.47. The molecule has 1 aliphatic rings. The lowest BCUT2D eigenvalue weighted by Crippen LogP contribution is -2.41. The number of nitrogens with zero attached hydrogens (tertiary/aromatic N) is 5. The second-order valence-electron chi connectivity index (χ2n) is 14.5. The summed E-state index contributed by atoms with van der Waals surface area (Å²) in [5, 5.41) is 36.2. The summed E-state index contributed by atoms with van der Waals surface area (Å²) in [5.41, 5.74) is -0.692. The largest absolute Gasteiger partial charge is 0.481 e. The number of aliphatic hydroxyl groups is 2. The normalized spacial score (nSPS) is 21.2. The van der Waals surface area contributed by atoms with Crippen LogP contribution in [-0.4, -0.2) is 92.6 Å². The zero-order valence-electron chi connectivity index (χ0n) is 33.3. The minimum atomic E-state index is -4.76. The summed E-state index contributed by atoms with van der Waals surface area (Å²) in [6.45, 7) is 3.47. The molecule has 3 aromatic rings. The molecule has 6 atom stereocenters. The van der Waals surface area contributed by atoms with Gasteiger partial charge in [0.15, 0.2) is 0 Å². The van der Waals surface area contributed by atoms with Gasteiger partial charge in [-0.1, -0.05) is 109 Å². The molecule has 16 heteroatoms. The van der Waals surface area contributed by atoms with Gasteiger partial charge in [0.1, 0.15) is 36.8 Å². The highest BCUT2D eigenvalue weighted by Gasteiger charge is 2.58. The van der Waals surface area contributed by atoms with Gasteiger partial charge in [0.25, 0.3) is 0 Å². The molecule has 0 radical (unpaired) electrons. The van der Waals surface area contributed by atoms with Crippen molar-refractivity contribution < 1.29 is 47.7 Å². The van der Waals surface area contributed by atoms with E-state index >= 15 is 0 Å². The number of hydrogen-bond acceptors (Lipinski definition) is 13. The summed E-state index contributed by atoms with van der Waals surface area (Å²) in [6.07, 6.45) is 16.1. The Balaban J connectivity index is 1.18. The van der Waals surface area contributed by atoms with Crippen molar-refractivity contribution in [1.29, 1.82) is 5.26 Å². The second kappa shape index (κ2) is 23.9. The Labute approximate surface area is 331 Å². The van der Waals surface area contributed by atoms with Crippen molar-refractivity contribution in [2.45, 2.75) is 147 Å². The molecule has 15 nitrogen and oxygen atoms in total. The van der Waals surface area contributed by atoms with Gasteiger partial charge in [-0.2, -0.15) is 15.3 Å². The first-order valence-corrected chi connectivity index (χ1v) is 21.8. The zero-order valence-corrected chi connectivity index (χ0v) is 34.2. The maximum absolute atomic E-state index is 13.0. The van der Waals surface area contributed by atoms with E-state index in [1.165, 1.54) is 101 Å². The molecule has 1 unspecified atom stereocenters. The molecule has 0 saturated carbocycles. The highest BCUT2D eigenvalue weighted by Crippen LogP contribution is 2.46. The number of hydrogen-bond donors (Lipinski definition) is 3. The number of methoxy groups -OCH3 is 1. The monoisotopic (exact) mass is 803 g/mol. The van der Waals surface area contributed by atoms with E-state index in [0.717, 1.165) is 19.3 Å². The molecule has 0 bridgehead atoms. The van der Waals surface area contributed by atoms with Crippen LogP contribution in [0.4, 0.5) is 0 Å². The van der Waals surface area contributed by atoms with Gasteiger partial charge in [0, 0.05) is 18.7 Å². The Bertz CT molecular complexity index is 1670. The Kier molecular flexibility index (Phi) is 19.4. The Morgan fingerprint density at radius 1 is 0.911 bits per heavy atom. The lowest BCUT2D eigenvalue weighted by Gasteiger charge is -2.24. The number of phosphoric ester groups is 1. The number of rotatable bonds is 29.